The molecule has 4 nitrogen and oxygen atoms in total. The summed E-state index contributed by atoms with van der Waals surface area (Å²) in [5.74, 6) is 1.47. The van der Waals surface area contributed by atoms with Crippen LogP contribution in [-0.2, 0) is 0 Å². The molecular weight excluding hydrogens is 278 g/mol. The van der Waals surface area contributed by atoms with E-state index in [1.165, 1.54) is 17.2 Å². The number of hydrogen-bond donors (Lipinski definition) is 0. The molecule has 1 fully saturated rings. The van der Waals surface area contributed by atoms with E-state index in [0.29, 0.717) is 5.76 Å². The Bertz CT molecular complexity index is 843. The van der Waals surface area contributed by atoms with Crippen molar-refractivity contribution in [1.29, 1.82) is 0 Å². The molecule has 108 valence electrons. The van der Waals surface area contributed by atoms with Crippen LogP contribution >= 0.6 is 0 Å². The molecule has 0 atom stereocenters. The van der Waals surface area contributed by atoms with E-state index in [1.807, 2.05) is 30.3 Å². The van der Waals surface area contributed by atoms with Gasteiger partial charge >= 0.3 is 0 Å². The maximum absolute atomic E-state index is 11.0. The van der Waals surface area contributed by atoms with Gasteiger partial charge in [0, 0.05) is 23.3 Å². The molecule has 0 aromatic heterocycles. The summed E-state index contributed by atoms with van der Waals surface area (Å²) in [5, 5.41) is 11.0. The molecule has 0 radical (unpaired) electrons. The number of allylic oxidation sites excluding steroid dienone is 3. The third-order valence-electron chi connectivity index (χ3n) is 3.89. The van der Waals surface area contributed by atoms with E-state index in [0.717, 1.165) is 29.7 Å². The van der Waals surface area contributed by atoms with Crippen molar-refractivity contribution in [3.63, 3.8) is 0 Å². The first-order valence-electron chi connectivity index (χ1n) is 7.18. The van der Waals surface area contributed by atoms with Crippen LogP contribution in [0.15, 0.2) is 60.2 Å². The van der Waals surface area contributed by atoms with Gasteiger partial charge in [0.1, 0.15) is 11.5 Å². The van der Waals surface area contributed by atoms with Gasteiger partial charge in [0.25, 0.3) is 5.69 Å². The Morgan fingerprint density at radius 2 is 1.86 bits per heavy atom. The third-order valence-corrected chi connectivity index (χ3v) is 3.89. The fourth-order valence-corrected chi connectivity index (χ4v) is 2.67. The Balaban J connectivity index is 1.83. The number of nitro benzene ring substituents is 1. The maximum Gasteiger partial charge on any atom is 0.270 e. The highest BCUT2D eigenvalue weighted by atomic mass is 16.6. The van der Waals surface area contributed by atoms with Crippen molar-refractivity contribution in [1.82, 2.24) is 0 Å². The number of hydrogen-bond acceptors (Lipinski definition) is 3. The molecule has 0 unspecified atom stereocenters. The first kappa shape index (κ1) is 12.8. The van der Waals surface area contributed by atoms with Crippen molar-refractivity contribution in [2.75, 3.05) is 0 Å². The topological polar surface area (TPSA) is 52.4 Å². The number of fused-ring (bicyclic) bond motifs is 1. The maximum atomic E-state index is 11.0. The van der Waals surface area contributed by atoms with Crippen LogP contribution in [0.4, 0.5) is 5.69 Å². The van der Waals surface area contributed by atoms with Crippen molar-refractivity contribution >= 4 is 17.0 Å². The zero-order valence-corrected chi connectivity index (χ0v) is 11.8. The van der Waals surface area contributed by atoms with Crippen LogP contribution in [0.5, 0.6) is 5.75 Å². The molecule has 1 saturated carbocycles. The van der Waals surface area contributed by atoms with Crippen molar-refractivity contribution in [2.24, 2.45) is 0 Å². The van der Waals surface area contributed by atoms with E-state index in [9.17, 15) is 10.1 Å². The highest BCUT2D eigenvalue weighted by Crippen LogP contribution is 2.44. The van der Waals surface area contributed by atoms with Gasteiger partial charge in [-0.05, 0) is 30.6 Å². The predicted molar refractivity (Wildman–Crippen MR) is 84.3 cm³/mol. The second kappa shape index (κ2) is 4.84. The average Bonchev–Trinajstić information content (AvgIpc) is 3.39. The smallest absolute Gasteiger partial charge is 0.270 e. The monoisotopic (exact) mass is 291 g/mol. The molecule has 0 N–H and O–H groups in total. The van der Waals surface area contributed by atoms with E-state index in [2.05, 4.69) is 6.07 Å². The van der Waals surface area contributed by atoms with E-state index in [4.69, 9.17) is 4.74 Å². The van der Waals surface area contributed by atoms with Crippen LogP contribution in [0.1, 0.15) is 24.0 Å². The van der Waals surface area contributed by atoms with Crippen molar-refractivity contribution in [2.45, 2.75) is 12.8 Å². The normalized spacial score (nSPS) is 15.7. The summed E-state index contributed by atoms with van der Waals surface area (Å²) < 4.78 is 5.97. The van der Waals surface area contributed by atoms with E-state index in [-0.39, 0.29) is 10.6 Å². The Morgan fingerprint density at radius 3 is 2.64 bits per heavy atom. The molecular formula is C18H13NO3. The van der Waals surface area contributed by atoms with Crippen LogP contribution in [0.3, 0.4) is 0 Å². The van der Waals surface area contributed by atoms with Crippen LogP contribution < -0.4 is 4.74 Å². The number of benzene rings is 2. The minimum absolute atomic E-state index is 0.0708. The van der Waals surface area contributed by atoms with Crippen LogP contribution in [0.25, 0.3) is 11.3 Å². The molecule has 2 aromatic carbocycles. The van der Waals surface area contributed by atoms with Crippen LogP contribution in [0.2, 0.25) is 0 Å². The fraction of sp³-hybridized carbons (Fsp3) is 0.111. The highest BCUT2D eigenvalue weighted by molar-refractivity contribution is 5.90. The van der Waals surface area contributed by atoms with Gasteiger partial charge in [-0.3, -0.25) is 10.1 Å². The molecule has 0 bridgehead atoms. The molecule has 1 aliphatic heterocycles. The molecule has 0 spiro atoms. The summed E-state index contributed by atoms with van der Waals surface area (Å²) in [4.78, 5) is 10.6. The summed E-state index contributed by atoms with van der Waals surface area (Å²) in [5.41, 5.74) is 4.51. The van der Waals surface area contributed by atoms with Gasteiger partial charge in [-0.2, -0.15) is 0 Å². The second-order valence-corrected chi connectivity index (χ2v) is 5.43. The van der Waals surface area contributed by atoms with Gasteiger partial charge in [-0.25, -0.2) is 0 Å². The SMILES string of the molecule is O=[N+]([O-])c1cccc(C2=CC(=C3CC3)c3ccccc3O2)c1. The molecule has 0 amide bonds. The Labute approximate surface area is 127 Å². The van der Waals surface area contributed by atoms with E-state index in [1.54, 1.807) is 12.1 Å². The number of non-ortho nitro benzene ring substituents is 1. The van der Waals surface area contributed by atoms with E-state index >= 15 is 0 Å². The first-order valence-corrected chi connectivity index (χ1v) is 7.18. The summed E-state index contributed by atoms with van der Waals surface area (Å²) >= 11 is 0. The standard InChI is InChI=1S/C18H13NO3/c20-19(21)14-5-3-4-13(10-14)18-11-16(12-8-9-12)15-6-1-2-7-17(15)22-18/h1-7,10-11H,8-9H2. The van der Waals surface area contributed by atoms with Crippen molar-refractivity contribution < 1.29 is 9.66 Å². The van der Waals surface area contributed by atoms with Gasteiger partial charge in [0.2, 0.25) is 0 Å². The molecule has 22 heavy (non-hydrogen) atoms. The zero-order chi connectivity index (χ0) is 15.1. The van der Waals surface area contributed by atoms with Gasteiger partial charge < -0.3 is 4.74 Å². The molecule has 0 saturated heterocycles. The van der Waals surface area contributed by atoms with Crippen LogP contribution in [-0.4, -0.2) is 4.92 Å². The number of para-hydroxylation sites is 1. The largest absolute Gasteiger partial charge is 0.456 e. The first-order chi connectivity index (χ1) is 10.7. The average molecular weight is 291 g/mol. The summed E-state index contributed by atoms with van der Waals surface area (Å²) in [6, 6.07) is 14.5. The summed E-state index contributed by atoms with van der Waals surface area (Å²) in [7, 11) is 0. The lowest BCUT2D eigenvalue weighted by molar-refractivity contribution is -0.384. The number of rotatable bonds is 2. The Hall–Kier alpha value is -2.88. The number of nitrogens with zero attached hydrogens (tertiary/aromatic N) is 1. The summed E-state index contributed by atoms with van der Waals surface area (Å²) in [6.07, 6.45) is 4.23. The minimum atomic E-state index is -0.388. The summed E-state index contributed by atoms with van der Waals surface area (Å²) in [6.45, 7) is 0. The lowest BCUT2D eigenvalue weighted by Gasteiger charge is -2.20. The van der Waals surface area contributed by atoms with Crippen molar-refractivity contribution in [3.8, 4) is 5.75 Å². The molecule has 4 heteroatoms. The van der Waals surface area contributed by atoms with Crippen LogP contribution in [0, 0.1) is 10.1 Å². The highest BCUT2D eigenvalue weighted by Gasteiger charge is 2.25. The lowest BCUT2D eigenvalue weighted by Crippen LogP contribution is -2.04. The van der Waals surface area contributed by atoms with Crippen molar-refractivity contribution in [3.05, 3.63) is 81.4 Å². The minimum Gasteiger partial charge on any atom is -0.456 e. The molecule has 4 rings (SSSR count). The third kappa shape index (κ3) is 2.19. The number of nitro groups is 1. The molecule has 2 aromatic rings. The molecule has 1 heterocycles. The quantitative estimate of drug-likeness (QED) is 0.601. The second-order valence-electron chi connectivity index (χ2n) is 5.43. The van der Waals surface area contributed by atoms with Gasteiger partial charge in [-0.1, -0.05) is 35.9 Å². The molecule has 1 aliphatic carbocycles. The Kier molecular flexibility index (Phi) is 2.82. The van der Waals surface area contributed by atoms with Gasteiger partial charge in [0.15, 0.2) is 0 Å². The lowest BCUT2D eigenvalue weighted by atomic mass is 9.98. The number of ether oxygens (including phenoxy) is 1. The van der Waals surface area contributed by atoms with Gasteiger partial charge in [0.05, 0.1) is 4.92 Å². The van der Waals surface area contributed by atoms with Gasteiger partial charge in [-0.15, -0.1) is 0 Å². The predicted octanol–water partition coefficient (Wildman–Crippen LogP) is 4.58. The molecule has 2 aliphatic rings. The Morgan fingerprint density at radius 1 is 1.05 bits per heavy atom. The fourth-order valence-electron chi connectivity index (χ4n) is 2.67. The zero-order valence-electron chi connectivity index (χ0n) is 11.8. The van der Waals surface area contributed by atoms with E-state index < -0.39 is 0 Å².